The van der Waals surface area contributed by atoms with Crippen molar-refractivity contribution >= 4 is 33.2 Å². The lowest BCUT2D eigenvalue weighted by Gasteiger charge is -2.03. The predicted molar refractivity (Wildman–Crippen MR) is 133 cm³/mol. The summed E-state index contributed by atoms with van der Waals surface area (Å²) in [5.41, 5.74) is 8.65. The molecular formula is C28H26N4. The van der Waals surface area contributed by atoms with E-state index in [-0.39, 0.29) is 0 Å². The molecule has 0 saturated carbocycles. The molecule has 5 aromatic rings. The molecule has 4 nitrogen and oxygen atoms in total. The van der Waals surface area contributed by atoms with Crippen LogP contribution in [0, 0.1) is 27.7 Å². The molecule has 32 heavy (non-hydrogen) atoms. The first-order valence-electron chi connectivity index (χ1n) is 10.7. The molecule has 1 heterocycles. The van der Waals surface area contributed by atoms with E-state index in [1.165, 1.54) is 33.0 Å². The molecule has 5 rings (SSSR count). The lowest BCUT2D eigenvalue weighted by atomic mass is 10.1. The van der Waals surface area contributed by atoms with Gasteiger partial charge in [0.2, 0.25) is 0 Å². The molecule has 0 bridgehead atoms. The summed E-state index contributed by atoms with van der Waals surface area (Å²) < 4.78 is 0. The second kappa shape index (κ2) is 9.48. The number of hydrogen-bond acceptors (Lipinski definition) is 4. The van der Waals surface area contributed by atoms with E-state index in [0.717, 1.165) is 22.4 Å². The Balaban J connectivity index is 0.000000153. The van der Waals surface area contributed by atoms with Crippen LogP contribution in [-0.2, 0) is 0 Å². The molecule has 0 aliphatic heterocycles. The van der Waals surface area contributed by atoms with Crippen molar-refractivity contribution in [3.63, 3.8) is 0 Å². The van der Waals surface area contributed by atoms with Gasteiger partial charge in [-0.15, -0.1) is 10.2 Å². The summed E-state index contributed by atoms with van der Waals surface area (Å²) in [6.07, 6.45) is 0. The summed E-state index contributed by atoms with van der Waals surface area (Å²) in [6.45, 7) is 8.31. The van der Waals surface area contributed by atoms with Crippen molar-refractivity contribution in [2.24, 2.45) is 10.2 Å². The number of aromatic nitrogens is 2. The quantitative estimate of drug-likeness (QED) is 0.215. The van der Waals surface area contributed by atoms with Crippen molar-refractivity contribution < 1.29 is 0 Å². The van der Waals surface area contributed by atoms with Gasteiger partial charge in [-0.3, -0.25) is 0 Å². The molecule has 0 amide bonds. The van der Waals surface area contributed by atoms with E-state index >= 15 is 0 Å². The molecule has 0 atom stereocenters. The van der Waals surface area contributed by atoms with Crippen LogP contribution in [0.15, 0.2) is 95.2 Å². The first kappa shape index (κ1) is 21.3. The molecule has 0 spiro atoms. The fourth-order valence-electron chi connectivity index (χ4n) is 3.35. The summed E-state index contributed by atoms with van der Waals surface area (Å²) in [4.78, 5) is 0. The molecule has 4 heteroatoms. The summed E-state index contributed by atoms with van der Waals surface area (Å²) in [5.74, 6) is 0. The van der Waals surface area contributed by atoms with Crippen LogP contribution < -0.4 is 0 Å². The summed E-state index contributed by atoms with van der Waals surface area (Å²) in [7, 11) is 0. The Morgan fingerprint density at radius 2 is 0.781 bits per heavy atom. The molecule has 0 unspecified atom stereocenters. The van der Waals surface area contributed by atoms with Crippen LogP contribution in [0.5, 0.6) is 0 Å². The van der Waals surface area contributed by atoms with Gasteiger partial charge in [-0.05, 0) is 76.2 Å². The van der Waals surface area contributed by atoms with E-state index in [2.05, 4.69) is 72.4 Å². The van der Waals surface area contributed by atoms with Crippen LogP contribution >= 0.6 is 0 Å². The van der Waals surface area contributed by atoms with Crippen LogP contribution in [0.1, 0.15) is 22.3 Å². The first-order chi connectivity index (χ1) is 15.5. The minimum absolute atomic E-state index is 0.881. The Labute approximate surface area is 188 Å². The average Bonchev–Trinajstić information content (AvgIpc) is 2.80. The monoisotopic (exact) mass is 418 g/mol. The van der Waals surface area contributed by atoms with Crippen molar-refractivity contribution in [3.8, 4) is 0 Å². The van der Waals surface area contributed by atoms with Crippen LogP contribution in [-0.4, -0.2) is 10.2 Å². The van der Waals surface area contributed by atoms with Gasteiger partial charge in [0.15, 0.2) is 0 Å². The molecule has 0 fully saturated rings. The molecule has 0 radical (unpaired) electrons. The largest absolute Gasteiger partial charge is 0.151 e. The van der Waals surface area contributed by atoms with Gasteiger partial charge in [-0.2, -0.15) is 10.2 Å². The van der Waals surface area contributed by atoms with E-state index in [1.807, 2.05) is 60.7 Å². The number of hydrogen-bond donors (Lipinski definition) is 0. The van der Waals surface area contributed by atoms with E-state index in [1.54, 1.807) is 0 Å². The number of rotatable bonds is 2. The third kappa shape index (κ3) is 5.22. The number of nitrogens with zero attached hydrogens (tertiary/aromatic N) is 4. The molecular weight excluding hydrogens is 392 g/mol. The maximum Gasteiger partial charge on any atom is 0.0936 e. The summed E-state index contributed by atoms with van der Waals surface area (Å²) >= 11 is 0. The maximum atomic E-state index is 4.23. The highest BCUT2D eigenvalue weighted by Crippen LogP contribution is 2.23. The lowest BCUT2D eigenvalue weighted by molar-refractivity contribution is 1.12. The van der Waals surface area contributed by atoms with Gasteiger partial charge < -0.3 is 0 Å². The first-order valence-corrected chi connectivity index (χ1v) is 10.7. The molecule has 0 aliphatic carbocycles. The minimum Gasteiger partial charge on any atom is -0.151 e. The third-order valence-corrected chi connectivity index (χ3v) is 5.21. The fraction of sp³-hybridized carbons (Fsp3) is 0.143. The SMILES string of the molecule is Cc1ccc(N=Nc2ccc(C)cc2)cc1.Cc1ccc2nnc3ccc(C)cc3c2c1. The molecule has 4 aromatic carbocycles. The van der Waals surface area contributed by atoms with Gasteiger partial charge in [-0.25, -0.2) is 0 Å². The highest BCUT2D eigenvalue weighted by Gasteiger charge is 2.03. The van der Waals surface area contributed by atoms with Gasteiger partial charge in [0.1, 0.15) is 0 Å². The van der Waals surface area contributed by atoms with E-state index in [9.17, 15) is 0 Å². The van der Waals surface area contributed by atoms with Crippen LogP contribution in [0.4, 0.5) is 11.4 Å². The van der Waals surface area contributed by atoms with Crippen molar-refractivity contribution in [1.29, 1.82) is 0 Å². The maximum absolute atomic E-state index is 4.23. The van der Waals surface area contributed by atoms with Gasteiger partial charge in [-0.1, -0.05) is 58.7 Å². The van der Waals surface area contributed by atoms with Gasteiger partial charge >= 0.3 is 0 Å². The second-order valence-electron chi connectivity index (χ2n) is 8.11. The number of azo groups is 1. The Kier molecular flexibility index (Phi) is 6.31. The highest BCUT2D eigenvalue weighted by atomic mass is 15.1. The number of benzene rings is 4. The normalized spacial score (nSPS) is 11.0. The fourth-order valence-corrected chi connectivity index (χ4v) is 3.35. The van der Waals surface area contributed by atoms with Crippen molar-refractivity contribution in [1.82, 2.24) is 10.2 Å². The zero-order valence-electron chi connectivity index (χ0n) is 18.9. The molecule has 1 aromatic heterocycles. The number of aryl methyl sites for hydroxylation is 4. The molecule has 0 N–H and O–H groups in total. The third-order valence-electron chi connectivity index (χ3n) is 5.21. The zero-order chi connectivity index (χ0) is 22.5. The zero-order valence-corrected chi connectivity index (χ0v) is 18.9. The predicted octanol–water partition coefficient (Wildman–Crippen LogP) is 8.12. The summed E-state index contributed by atoms with van der Waals surface area (Å²) in [6, 6.07) is 28.5. The van der Waals surface area contributed by atoms with Crippen molar-refractivity contribution in [2.75, 3.05) is 0 Å². The van der Waals surface area contributed by atoms with Crippen molar-refractivity contribution in [2.45, 2.75) is 27.7 Å². The van der Waals surface area contributed by atoms with E-state index in [4.69, 9.17) is 0 Å². The standard InChI is InChI=1S/C14H12N2.C14H14N2/c1-9-3-5-13-11(7-9)12-8-10(2)4-6-14(12)16-15-13;1-11-3-7-13(8-4-11)15-16-14-9-5-12(2)6-10-14/h3-8H,1-2H3;3-10H,1-2H3. The Morgan fingerprint density at radius 3 is 1.16 bits per heavy atom. The van der Waals surface area contributed by atoms with E-state index < -0.39 is 0 Å². The molecule has 0 aliphatic rings. The number of fused-ring (bicyclic) bond motifs is 3. The van der Waals surface area contributed by atoms with Crippen LogP contribution in [0.3, 0.4) is 0 Å². The van der Waals surface area contributed by atoms with Gasteiger partial charge in [0.25, 0.3) is 0 Å². The smallest absolute Gasteiger partial charge is 0.0936 e. The summed E-state index contributed by atoms with van der Waals surface area (Å²) in [5, 5.41) is 19.2. The second-order valence-corrected chi connectivity index (χ2v) is 8.11. The van der Waals surface area contributed by atoms with Crippen LogP contribution in [0.25, 0.3) is 21.8 Å². The topological polar surface area (TPSA) is 50.5 Å². The van der Waals surface area contributed by atoms with Gasteiger partial charge in [0.05, 0.1) is 22.4 Å². The Bertz CT molecular complexity index is 1280. The molecule has 158 valence electrons. The van der Waals surface area contributed by atoms with Gasteiger partial charge in [0, 0.05) is 10.8 Å². The Morgan fingerprint density at radius 1 is 0.438 bits per heavy atom. The highest BCUT2D eigenvalue weighted by molar-refractivity contribution is 6.03. The lowest BCUT2D eigenvalue weighted by Crippen LogP contribution is -1.88. The van der Waals surface area contributed by atoms with E-state index in [0.29, 0.717) is 0 Å². The molecule has 0 saturated heterocycles. The van der Waals surface area contributed by atoms with Crippen molar-refractivity contribution in [3.05, 3.63) is 107 Å². The Hall–Kier alpha value is -3.92. The minimum atomic E-state index is 0.881. The average molecular weight is 419 g/mol. The van der Waals surface area contributed by atoms with Crippen LogP contribution in [0.2, 0.25) is 0 Å².